The van der Waals surface area contributed by atoms with E-state index in [2.05, 4.69) is 145 Å². The van der Waals surface area contributed by atoms with Crippen LogP contribution >= 0.6 is 11.3 Å². The molecular weight excluding hydrogens is 464 g/mol. The van der Waals surface area contributed by atoms with E-state index in [1.165, 1.54) is 65.4 Å². The van der Waals surface area contributed by atoms with Crippen LogP contribution in [0.4, 0.5) is 0 Å². The number of rotatable bonds is 4. The van der Waals surface area contributed by atoms with Gasteiger partial charge in [0.1, 0.15) is 0 Å². The van der Waals surface area contributed by atoms with E-state index in [1.807, 2.05) is 11.3 Å². The summed E-state index contributed by atoms with van der Waals surface area (Å²) in [6.07, 6.45) is 0. The monoisotopic (exact) mass is 488 g/mol. The topological polar surface area (TPSA) is 0 Å². The second-order valence-electron chi connectivity index (χ2n) is 9.32. The zero-order valence-corrected chi connectivity index (χ0v) is 21.1. The van der Waals surface area contributed by atoms with Gasteiger partial charge in [-0.05, 0) is 78.5 Å². The molecule has 174 valence electrons. The molecule has 0 amide bonds. The van der Waals surface area contributed by atoms with Crippen LogP contribution < -0.4 is 0 Å². The number of hydrogen-bond acceptors (Lipinski definition) is 1. The quantitative estimate of drug-likeness (QED) is 0.216. The highest BCUT2D eigenvalue weighted by atomic mass is 32.1. The summed E-state index contributed by atoms with van der Waals surface area (Å²) in [5.74, 6) is 0. The summed E-state index contributed by atoms with van der Waals surface area (Å²) in [7, 11) is 0. The summed E-state index contributed by atoms with van der Waals surface area (Å²) < 4.78 is 0. The molecule has 7 rings (SSSR count). The normalized spacial score (nSPS) is 11.2. The van der Waals surface area contributed by atoms with Crippen LogP contribution in [0.2, 0.25) is 0 Å². The van der Waals surface area contributed by atoms with E-state index < -0.39 is 0 Å². The standard InChI is InChI=1S/C36H24S/c1-4-13-25(14-5-1)33-30-23-28-19-10-11-20-29(28)24-31(30)36(32-21-12-22-37-32)35(27-17-8-3-9-18-27)34(33)26-15-6-2-7-16-26/h1-24H. The zero-order valence-electron chi connectivity index (χ0n) is 20.3. The van der Waals surface area contributed by atoms with Crippen LogP contribution in [0, 0.1) is 0 Å². The molecule has 6 aromatic carbocycles. The van der Waals surface area contributed by atoms with Crippen LogP contribution in [-0.4, -0.2) is 0 Å². The van der Waals surface area contributed by atoms with Gasteiger partial charge >= 0.3 is 0 Å². The van der Waals surface area contributed by atoms with E-state index >= 15 is 0 Å². The van der Waals surface area contributed by atoms with Crippen LogP contribution in [0.25, 0.3) is 65.4 Å². The number of hydrogen-bond donors (Lipinski definition) is 0. The summed E-state index contributed by atoms with van der Waals surface area (Å²) in [6.45, 7) is 0. The molecule has 7 aromatic rings. The Bertz CT molecular complexity index is 1830. The first kappa shape index (κ1) is 21.8. The van der Waals surface area contributed by atoms with E-state index in [4.69, 9.17) is 0 Å². The van der Waals surface area contributed by atoms with Gasteiger partial charge in [0.15, 0.2) is 0 Å². The van der Waals surface area contributed by atoms with Crippen molar-refractivity contribution in [3.63, 3.8) is 0 Å². The zero-order chi connectivity index (χ0) is 24.6. The van der Waals surface area contributed by atoms with Gasteiger partial charge in [-0.25, -0.2) is 0 Å². The lowest BCUT2D eigenvalue weighted by molar-refractivity contribution is 1.58. The van der Waals surface area contributed by atoms with E-state index in [0.29, 0.717) is 0 Å². The molecule has 0 aliphatic carbocycles. The molecule has 1 heteroatoms. The van der Waals surface area contributed by atoms with Crippen molar-refractivity contribution >= 4 is 32.9 Å². The van der Waals surface area contributed by atoms with Crippen molar-refractivity contribution in [1.29, 1.82) is 0 Å². The minimum Gasteiger partial charge on any atom is -0.144 e. The second-order valence-corrected chi connectivity index (χ2v) is 10.3. The molecule has 0 bridgehead atoms. The molecule has 0 unspecified atom stereocenters. The largest absolute Gasteiger partial charge is 0.144 e. The molecule has 1 heterocycles. The highest BCUT2D eigenvalue weighted by Gasteiger charge is 2.24. The Morgan fingerprint density at radius 1 is 0.351 bits per heavy atom. The molecule has 0 aliphatic heterocycles. The molecule has 0 aliphatic rings. The highest BCUT2D eigenvalue weighted by molar-refractivity contribution is 7.13. The van der Waals surface area contributed by atoms with E-state index in [-0.39, 0.29) is 0 Å². The lowest BCUT2D eigenvalue weighted by atomic mass is 9.79. The molecular formula is C36H24S. The Kier molecular flexibility index (Phi) is 5.42. The third-order valence-corrected chi connectivity index (χ3v) is 8.02. The van der Waals surface area contributed by atoms with Gasteiger partial charge in [-0.3, -0.25) is 0 Å². The molecule has 37 heavy (non-hydrogen) atoms. The Morgan fingerprint density at radius 2 is 0.784 bits per heavy atom. The van der Waals surface area contributed by atoms with Crippen LogP contribution in [-0.2, 0) is 0 Å². The van der Waals surface area contributed by atoms with Gasteiger partial charge in [0.2, 0.25) is 0 Å². The van der Waals surface area contributed by atoms with Crippen LogP contribution in [0.1, 0.15) is 0 Å². The summed E-state index contributed by atoms with van der Waals surface area (Å²) >= 11 is 1.81. The lowest BCUT2D eigenvalue weighted by Crippen LogP contribution is -1.97. The Labute approximate surface area is 221 Å². The average molecular weight is 489 g/mol. The summed E-state index contributed by atoms with van der Waals surface area (Å²) in [5.41, 5.74) is 8.86. The summed E-state index contributed by atoms with van der Waals surface area (Å²) in [4.78, 5) is 1.29. The fourth-order valence-corrected chi connectivity index (χ4v) is 6.33. The van der Waals surface area contributed by atoms with Gasteiger partial charge in [0, 0.05) is 10.4 Å². The first-order valence-electron chi connectivity index (χ1n) is 12.6. The second kappa shape index (κ2) is 9.20. The van der Waals surface area contributed by atoms with E-state index in [1.54, 1.807) is 0 Å². The maximum atomic E-state index is 2.40. The summed E-state index contributed by atoms with van der Waals surface area (Å²) in [5, 5.41) is 7.28. The Morgan fingerprint density at radius 3 is 1.27 bits per heavy atom. The first-order chi connectivity index (χ1) is 18.4. The fraction of sp³-hybridized carbons (Fsp3) is 0. The number of benzene rings is 6. The van der Waals surface area contributed by atoms with Crippen LogP contribution in [0.5, 0.6) is 0 Å². The third kappa shape index (κ3) is 3.76. The van der Waals surface area contributed by atoms with Crippen molar-refractivity contribution in [2.45, 2.75) is 0 Å². The lowest BCUT2D eigenvalue weighted by Gasteiger charge is -2.24. The fourth-order valence-electron chi connectivity index (χ4n) is 5.54. The molecule has 0 saturated heterocycles. The van der Waals surface area contributed by atoms with Gasteiger partial charge in [0.25, 0.3) is 0 Å². The molecule has 1 aromatic heterocycles. The maximum absolute atomic E-state index is 2.40. The van der Waals surface area contributed by atoms with Crippen molar-refractivity contribution < 1.29 is 0 Å². The highest BCUT2D eigenvalue weighted by Crippen LogP contribution is 2.52. The van der Waals surface area contributed by atoms with Gasteiger partial charge < -0.3 is 0 Å². The molecule has 0 atom stereocenters. The smallest absolute Gasteiger partial charge is 0.0355 e. The Balaban J connectivity index is 1.79. The van der Waals surface area contributed by atoms with Crippen LogP contribution in [0.3, 0.4) is 0 Å². The van der Waals surface area contributed by atoms with Gasteiger partial charge in [0.05, 0.1) is 0 Å². The minimum absolute atomic E-state index is 1.23. The molecule has 0 spiro atoms. The summed E-state index contributed by atoms with van der Waals surface area (Å²) in [6, 6.07) is 50.6. The molecule has 0 fully saturated rings. The minimum atomic E-state index is 1.23. The van der Waals surface area contributed by atoms with Crippen LogP contribution in [0.15, 0.2) is 145 Å². The van der Waals surface area contributed by atoms with E-state index in [0.717, 1.165) is 0 Å². The third-order valence-electron chi connectivity index (χ3n) is 7.13. The molecule has 0 saturated carbocycles. The van der Waals surface area contributed by atoms with Crippen molar-refractivity contribution in [3.05, 3.63) is 145 Å². The molecule has 0 nitrogen and oxygen atoms in total. The average Bonchev–Trinajstić information content (AvgIpc) is 3.51. The molecule has 0 N–H and O–H groups in total. The first-order valence-corrected chi connectivity index (χ1v) is 13.5. The van der Waals surface area contributed by atoms with Crippen molar-refractivity contribution in [3.8, 4) is 43.8 Å². The van der Waals surface area contributed by atoms with Crippen molar-refractivity contribution in [1.82, 2.24) is 0 Å². The maximum Gasteiger partial charge on any atom is 0.0355 e. The SMILES string of the molecule is c1ccc(-c2c(-c3ccccc3)c(-c3cccs3)c3cc4ccccc4cc3c2-c2ccccc2)cc1. The van der Waals surface area contributed by atoms with Crippen molar-refractivity contribution in [2.24, 2.45) is 0 Å². The van der Waals surface area contributed by atoms with Gasteiger partial charge in [-0.15, -0.1) is 11.3 Å². The predicted molar refractivity (Wildman–Crippen MR) is 161 cm³/mol. The van der Waals surface area contributed by atoms with Gasteiger partial charge in [-0.1, -0.05) is 121 Å². The van der Waals surface area contributed by atoms with Gasteiger partial charge in [-0.2, -0.15) is 0 Å². The Hall–Kier alpha value is -4.46. The predicted octanol–water partition coefficient (Wildman–Crippen LogP) is 10.7. The number of thiophene rings is 1. The van der Waals surface area contributed by atoms with E-state index in [9.17, 15) is 0 Å². The number of fused-ring (bicyclic) bond motifs is 2. The van der Waals surface area contributed by atoms with Crippen molar-refractivity contribution in [2.75, 3.05) is 0 Å². The molecule has 0 radical (unpaired) electrons.